The van der Waals surface area contributed by atoms with Crippen molar-refractivity contribution in [1.82, 2.24) is 14.6 Å². The summed E-state index contributed by atoms with van der Waals surface area (Å²) in [7, 11) is 0. The molecule has 1 aromatic carbocycles. The van der Waals surface area contributed by atoms with Gasteiger partial charge in [-0.25, -0.2) is 13.9 Å². The quantitative estimate of drug-likeness (QED) is 0.783. The van der Waals surface area contributed by atoms with Crippen LogP contribution in [0.2, 0.25) is 0 Å². The molecule has 0 bridgehead atoms. The highest BCUT2D eigenvalue weighted by Crippen LogP contribution is 2.18. The van der Waals surface area contributed by atoms with E-state index in [2.05, 4.69) is 15.4 Å². The molecule has 1 atom stereocenters. The fourth-order valence-electron chi connectivity index (χ4n) is 1.97. The van der Waals surface area contributed by atoms with Gasteiger partial charge in [0.05, 0.1) is 6.04 Å². The SMILES string of the molecule is CC(Nc1ccc2nccn2n1)c1cccc(F)c1. The van der Waals surface area contributed by atoms with Gasteiger partial charge in [0.1, 0.15) is 11.6 Å². The maximum atomic E-state index is 13.2. The Balaban J connectivity index is 1.83. The molecule has 1 N–H and O–H groups in total. The lowest BCUT2D eigenvalue weighted by molar-refractivity contribution is 0.623. The number of hydrogen-bond acceptors (Lipinski definition) is 3. The summed E-state index contributed by atoms with van der Waals surface area (Å²) >= 11 is 0. The first kappa shape index (κ1) is 11.6. The molecule has 3 rings (SSSR count). The highest BCUT2D eigenvalue weighted by atomic mass is 19.1. The van der Waals surface area contributed by atoms with Crippen molar-refractivity contribution in [2.45, 2.75) is 13.0 Å². The summed E-state index contributed by atoms with van der Waals surface area (Å²) in [6, 6.07) is 10.3. The van der Waals surface area contributed by atoms with Crippen LogP contribution in [0, 0.1) is 5.82 Å². The van der Waals surface area contributed by atoms with E-state index in [1.165, 1.54) is 12.1 Å². The second-order valence-electron chi connectivity index (χ2n) is 4.37. The van der Waals surface area contributed by atoms with Crippen LogP contribution in [-0.4, -0.2) is 14.6 Å². The van der Waals surface area contributed by atoms with E-state index in [1.54, 1.807) is 23.0 Å². The Morgan fingerprint density at radius 2 is 2.16 bits per heavy atom. The molecule has 19 heavy (non-hydrogen) atoms. The minimum atomic E-state index is -0.232. The standard InChI is InChI=1S/C14H13FN4/c1-10(11-3-2-4-12(15)9-11)17-13-5-6-14-16-7-8-19(14)18-13/h2-10H,1H3,(H,17,18). The lowest BCUT2D eigenvalue weighted by Gasteiger charge is -2.14. The number of anilines is 1. The predicted molar refractivity (Wildman–Crippen MR) is 71.4 cm³/mol. The van der Waals surface area contributed by atoms with E-state index < -0.39 is 0 Å². The van der Waals surface area contributed by atoms with Crippen LogP contribution in [0.5, 0.6) is 0 Å². The van der Waals surface area contributed by atoms with Crippen LogP contribution < -0.4 is 5.32 Å². The number of nitrogens with zero attached hydrogens (tertiary/aromatic N) is 3. The van der Waals surface area contributed by atoms with E-state index >= 15 is 0 Å². The summed E-state index contributed by atoms with van der Waals surface area (Å²) in [6.07, 6.45) is 3.48. The van der Waals surface area contributed by atoms with Crippen LogP contribution >= 0.6 is 0 Å². The Morgan fingerprint density at radius 1 is 1.26 bits per heavy atom. The van der Waals surface area contributed by atoms with E-state index in [0.29, 0.717) is 0 Å². The average Bonchev–Trinajstić information content (AvgIpc) is 2.86. The highest BCUT2D eigenvalue weighted by molar-refractivity contribution is 5.45. The van der Waals surface area contributed by atoms with Gasteiger partial charge >= 0.3 is 0 Å². The van der Waals surface area contributed by atoms with Gasteiger partial charge in [-0.1, -0.05) is 12.1 Å². The zero-order chi connectivity index (χ0) is 13.2. The third-order valence-electron chi connectivity index (χ3n) is 2.97. The lowest BCUT2D eigenvalue weighted by Crippen LogP contribution is -2.09. The van der Waals surface area contributed by atoms with E-state index in [0.717, 1.165) is 17.0 Å². The molecule has 0 fully saturated rings. The molecule has 2 heterocycles. The van der Waals surface area contributed by atoms with E-state index in [4.69, 9.17) is 0 Å². The van der Waals surface area contributed by atoms with Crippen molar-refractivity contribution >= 4 is 11.5 Å². The van der Waals surface area contributed by atoms with Gasteiger partial charge in [0, 0.05) is 12.4 Å². The molecule has 0 spiro atoms. The van der Waals surface area contributed by atoms with Gasteiger partial charge < -0.3 is 5.32 Å². The summed E-state index contributed by atoms with van der Waals surface area (Å²) in [5.74, 6) is 0.492. The number of aromatic nitrogens is 3. The molecule has 0 amide bonds. The molecule has 3 aromatic rings. The fourth-order valence-corrected chi connectivity index (χ4v) is 1.97. The average molecular weight is 256 g/mol. The second kappa shape index (κ2) is 4.68. The first-order valence-corrected chi connectivity index (χ1v) is 6.05. The number of halogens is 1. The van der Waals surface area contributed by atoms with Crippen molar-refractivity contribution in [2.24, 2.45) is 0 Å². The molecule has 1 unspecified atom stereocenters. The molecule has 0 saturated heterocycles. The molecule has 0 radical (unpaired) electrons. The van der Waals surface area contributed by atoms with Crippen molar-refractivity contribution in [3.05, 3.63) is 60.2 Å². The molecule has 0 aliphatic rings. The van der Waals surface area contributed by atoms with Crippen LogP contribution in [0.4, 0.5) is 10.2 Å². The van der Waals surface area contributed by atoms with Gasteiger partial charge in [0.2, 0.25) is 0 Å². The molecule has 0 aliphatic heterocycles. The lowest BCUT2D eigenvalue weighted by atomic mass is 10.1. The minimum absolute atomic E-state index is 0.0239. The topological polar surface area (TPSA) is 42.2 Å². The van der Waals surface area contributed by atoms with Crippen LogP contribution in [0.15, 0.2) is 48.8 Å². The summed E-state index contributed by atoms with van der Waals surface area (Å²) in [5, 5.41) is 7.61. The second-order valence-corrected chi connectivity index (χ2v) is 4.37. The number of benzene rings is 1. The zero-order valence-corrected chi connectivity index (χ0v) is 10.4. The summed E-state index contributed by atoms with van der Waals surface area (Å²) in [5.41, 5.74) is 1.68. The maximum absolute atomic E-state index is 13.2. The Labute approximate surface area is 109 Å². The van der Waals surface area contributed by atoms with Crippen molar-refractivity contribution in [3.8, 4) is 0 Å². The zero-order valence-electron chi connectivity index (χ0n) is 10.4. The van der Waals surface area contributed by atoms with Crippen LogP contribution in [-0.2, 0) is 0 Å². The molecular weight excluding hydrogens is 243 g/mol. The first-order chi connectivity index (χ1) is 9.22. The maximum Gasteiger partial charge on any atom is 0.153 e. The summed E-state index contributed by atoms with van der Waals surface area (Å²) in [4.78, 5) is 4.13. The smallest absolute Gasteiger partial charge is 0.153 e. The van der Waals surface area contributed by atoms with Crippen LogP contribution in [0.25, 0.3) is 5.65 Å². The third kappa shape index (κ3) is 2.40. The van der Waals surface area contributed by atoms with Crippen molar-refractivity contribution in [1.29, 1.82) is 0 Å². The summed E-state index contributed by atoms with van der Waals surface area (Å²) in [6.45, 7) is 1.97. The van der Waals surface area contributed by atoms with Gasteiger partial charge in [-0.05, 0) is 36.8 Å². The Hall–Kier alpha value is -2.43. The van der Waals surface area contributed by atoms with Gasteiger partial charge in [-0.3, -0.25) is 0 Å². The monoisotopic (exact) mass is 256 g/mol. The molecule has 0 aliphatic carbocycles. The van der Waals surface area contributed by atoms with Crippen LogP contribution in [0.1, 0.15) is 18.5 Å². The molecule has 4 nitrogen and oxygen atoms in total. The largest absolute Gasteiger partial charge is 0.362 e. The van der Waals surface area contributed by atoms with Crippen molar-refractivity contribution < 1.29 is 4.39 Å². The van der Waals surface area contributed by atoms with Gasteiger partial charge in [-0.15, -0.1) is 5.10 Å². The third-order valence-corrected chi connectivity index (χ3v) is 2.97. The number of hydrogen-bond donors (Lipinski definition) is 1. The van der Waals surface area contributed by atoms with E-state index in [9.17, 15) is 4.39 Å². The van der Waals surface area contributed by atoms with Gasteiger partial charge in [0.15, 0.2) is 5.65 Å². The summed E-state index contributed by atoms with van der Waals surface area (Å²) < 4.78 is 14.9. The van der Waals surface area contributed by atoms with E-state index in [1.807, 2.05) is 25.1 Å². The molecule has 5 heteroatoms. The molecule has 2 aromatic heterocycles. The minimum Gasteiger partial charge on any atom is -0.362 e. The van der Waals surface area contributed by atoms with Crippen molar-refractivity contribution in [3.63, 3.8) is 0 Å². The Morgan fingerprint density at radius 3 is 3.00 bits per heavy atom. The fraction of sp³-hybridized carbons (Fsp3) is 0.143. The Bertz CT molecular complexity index is 707. The first-order valence-electron chi connectivity index (χ1n) is 6.05. The molecule has 0 saturated carbocycles. The molecule has 96 valence electrons. The van der Waals surface area contributed by atoms with E-state index in [-0.39, 0.29) is 11.9 Å². The predicted octanol–water partition coefficient (Wildman–Crippen LogP) is 3.04. The van der Waals surface area contributed by atoms with Gasteiger partial charge in [0.25, 0.3) is 0 Å². The number of rotatable bonds is 3. The number of imidazole rings is 1. The number of fused-ring (bicyclic) bond motifs is 1. The van der Waals surface area contributed by atoms with Gasteiger partial charge in [-0.2, -0.15) is 0 Å². The van der Waals surface area contributed by atoms with Crippen molar-refractivity contribution in [2.75, 3.05) is 5.32 Å². The Kier molecular flexibility index (Phi) is 2.87. The normalized spacial score (nSPS) is 12.5. The number of nitrogens with one attached hydrogen (secondary N) is 1. The molecular formula is C14H13FN4. The van der Waals surface area contributed by atoms with Crippen LogP contribution in [0.3, 0.4) is 0 Å². The highest BCUT2D eigenvalue weighted by Gasteiger charge is 2.07.